The molecule has 0 amide bonds. The summed E-state index contributed by atoms with van der Waals surface area (Å²) < 4.78 is 5.89. The first-order valence-electron chi connectivity index (χ1n) is 7.84. The standard InChI is InChI=1S/C19H22Cl2N2O/c1-14-8-11-18(24-13-5-12-23(2)3)17(22-14)10-9-15-6-4-7-16(20)19(15)21/h4,6-11H,5,12-13H2,1-3H3. The maximum atomic E-state index is 6.22. The normalized spacial score (nSPS) is 11.4. The summed E-state index contributed by atoms with van der Waals surface area (Å²) in [6.07, 6.45) is 4.78. The highest BCUT2D eigenvalue weighted by Gasteiger charge is 2.05. The number of rotatable bonds is 7. The Labute approximate surface area is 153 Å². The van der Waals surface area contributed by atoms with E-state index in [9.17, 15) is 0 Å². The van der Waals surface area contributed by atoms with Gasteiger partial charge in [-0.1, -0.05) is 41.4 Å². The average Bonchev–Trinajstić information content (AvgIpc) is 2.54. The molecule has 0 aliphatic rings. The van der Waals surface area contributed by atoms with Crippen LogP contribution in [0.4, 0.5) is 0 Å². The SMILES string of the molecule is Cc1ccc(OCCCN(C)C)c(C=Cc2cccc(Cl)c2Cl)n1. The lowest BCUT2D eigenvalue weighted by Crippen LogP contribution is -2.15. The first-order chi connectivity index (χ1) is 11.5. The molecule has 0 atom stereocenters. The lowest BCUT2D eigenvalue weighted by atomic mass is 10.2. The molecule has 5 heteroatoms. The third-order valence-electron chi connectivity index (χ3n) is 3.43. The summed E-state index contributed by atoms with van der Waals surface area (Å²) in [6.45, 7) is 3.60. The van der Waals surface area contributed by atoms with Crippen molar-refractivity contribution in [1.29, 1.82) is 0 Å². The Kier molecular flexibility index (Phi) is 7.10. The van der Waals surface area contributed by atoms with Gasteiger partial charge in [0.15, 0.2) is 0 Å². The van der Waals surface area contributed by atoms with E-state index in [1.165, 1.54) is 0 Å². The van der Waals surface area contributed by atoms with Gasteiger partial charge in [-0.25, -0.2) is 4.98 Å². The van der Waals surface area contributed by atoms with Gasteiger partial charge in [0.1, 0.15) is 11.4 Å². The van der Waals surface area contributed by atoms with Crippen molar-refractivity contribution in [2.75, 3.05) is 27.2 Å². The van der Waals surface area contributed by atoms with Gasteiger partial charge in [-0.15, -0.1) is 0 Å². The highest BCUT2D eigenvalue weighted by atomic mass is 35.5. The van der Waals surface area contributed by atoms with E-state index in [1.807, 2.05) is 43.3 Å². The van der Waals surface area contributed by atoms with Crippen LogP contribution < -0.4 is 4.74 Å². The van der Waals surface area contributed by atoms with Gasteiger partial charge >= 0.3 is 0 Å². The van der Waals surface area contributed by atoms with Gasteiger partial charge in [0.2, 0.25) is 0 Å². The first-order valence-corrected chi connectivity index (χ1v) is 8.60. The van der Waals surface area contributed by atoms with Gasteiger partial charge in [-0.3, -0.25) is 0 Å². The summed E-state index contributed by atoms with van der Waals surface area (Å²) in [6, 6.07) is 9.46. The molecule has 0 N–H and O–H groups in total. The molecule has 1 aromatic carbocycles. The fourth-order valence-corrected chi connectivity index (χ4v) is 2.56. The van der Waals surface area contributed by atoms with E-state index in [0.29, 0.717) is 16.7 Å². The molecule has 0 radical (unpaired) electrons. The second-order valence-corrected chi connectivity index (χ2v) is 6.60. The highest BCUT2D eigenvalue weighted by Crippen LogP contribution is 2.28. The fraction of sp³-hybridized carbons (Fsp3) is 0.316. The van der Waals surface area contributed by atoms with E-state index in [-0.39, 0.29) is 0 Å². The summed E-state index contributed by atoms with van der Waals surface area (Å²) >= 11 is 12.3. The van der Waals surface area contributed by atoms with Crippen LogP contribution in [0.2, 0.25) is 10.0 Å². The maximum absolute atomic E-state index is 6.22. The molecule has 0 unspecified atom stereocenters. The lowest BCUT2D eigenvalue weighted by molar-refractivity contribution is 0.280. The minimum Gasteiger partial charge on any atom is -0.491 e. The molecule has 0 aliphatic carbocycles. The van der Waals surface area contributed by atoms with Crippen molar-refractivity contribution >= 4 is 35.4 Å². The monoisotopic (exact) mass is 364 g/mol. The summed E-state index contributed by atoms with van der Waals surface area (Å²) in [5.41, 5.74) is 2.58. The van der Waals surface area contributed by atoms with Gasteiger partial charge in [0.25, 0.3) is 0 Å². The fourth-order valence-electron chi connectivity index (χ4n) is 2.19. The maximum Gasteiger partial charge on any atom is 0.144 e. The highest BCUT2D eigenvalue weighted by molar-refractivity contribution is 6.42. The smallest absolute Gasteiger partial charge is 0.144 e. The van der Waals surface area contributed by atoms with Crippen LogP contribution in [0.25, 0.3) is 12.2 Å². The van der Waals surface area contributed by atoms with Crippen LogP contribution in [0.5, 0.6) is 5.75 Å². The minimum absolute atomic E-state index is 0.538. The number of ether oxygens (including phenoxy) is 1. The molecule has 0 saturated heterocycles. The zero-order chi connectivity index (χ0) is 17.5. The van der Waals surface area contributed by atoms with Gasteiger partial charge in [-0.2, -0.15) is 0 Å². The quantitative estimate of drug-likeness (QED) is 0.631. The van der Waals surface area contributed by atoms with Gasteiger partial charge < -0.3 is 9.64 Å². The molecule has 24 heavy (non-hydrogen) atoms. The molecule has 0 bridgehead atoms. The second-order valence-electron chi connectivity index (χ2n) is 5.82. The van der Waals surface area contributed by atoms with Crippen LogP contribution in [0, 0.1) is 6.92 Å². The summed E-state index contributed by atoms with van der Waals surface area (Å²) in [5.74, 6) is 0.772. The van der Waals surface area contributed by atoms with Crippen molar-refractivity contribution in [2.45, 2.75) is 13.3 Å². The molecule has 3 nitrogen and oxygen atoms in total. The number of halogens is 2. The van der Waals surface area contributed by atoms with E-state index in [4.69, 9.17) is 27.9 Å². The van der Waals surface area contributed by atoms with E-state index in [1.54, 1.807) is 6.07 Å². The van der Waals surface area contributed by atoms with Crippen molar-refractivity contribution in [3.8, 4) is 5.75 Å². The van der Waals surface area contributed by atoms with Gasteiger partial charge in [0, 0.05) is 12.2 Å². The van der Waals surface area contributed by atoms with Crippen LogP contribution in [0.3, 0.4) is 0 Å². The third-order valence-corrected chi connectivity index (χ3v) is 4.27. The Morgan fingerprint density at radius 2 is 1.92 bits per heavy atom. The second kappa shape index (κ2) is 9.07. The predicted octanol–water partition coefficient (Wildman–Crippen LogP) is 5.20. The Balaban J connectivity index is 2.15. The molecule has 0 fully saturated rings. The number of benzene rings is 1. The van der Waals surface area contributed by atoms with E-state index < -0.39 is 0 Å². The summed E-state index contributed by atoms with van der Waals surface area (Å²) in [7, 11) is 4.10. The molecular formula is C19H22Cl2N2O. The Morgan fingerprint density at radius 1 is 1.12 bits per heavy atom. The number of aromatic nitrogens is 1. The Morgan fingerprint density at radius 3 is 2.67 bits per heavy atom. The molecule has 2 rings (SSSR count). The van der Waals surface area contributed by atoms with Crippen LogP contribution in [-0.4, -0.2) is 37.1 Å². The van der Waals surface area contributed by atoms with Crippen LogP contribution in [-0.2, 0) is 0 Å². The molecule has 0 saturated carbocycles. The third kappa shape index (κ3) is 5.52. The predicted molar refractivity (Wildman–Crippen MR) is 103 cm³/mol. The molecule has 0 spiro atoms. The zero-order valence-corrected chi connectivity index (χ0v) is 15.7. The average molecular weight is 365 g/mol. The molecule has 128 valence electrons. The molecular weight excluding hydrogens is 343 g/mol. The number of hydrogen-bond acceptors (Lipinski definition) is 3. The van der Waals surface area contributed by atoms with Crippen LogP contribution in [0.15, 0.2) is 30.3 Å². The Hall–Kier alpha value is -1.55. The van der Waals surface area contributed by atoms with E-state index in [0.717, 1.165) is 35.7 Å². The summed E-state index contributed by atoms with van der Waals surface area (Å²) in [4.78, 5) is 6.69. The molecule has 0 aliphatic heterocycles. The number of pyridine rings is 1. The van der Waals surface area contributed by atoms with Crippen molar-refractivity contribution in [1.82, 2.24) is 9.88 Å². The lowest BCUT2D eigenvalue weighted by Gasteiger charge is -2.12. The van der Waals surface area contributed by atoms with Crippen LogP contribution in [0.1, 0.15) is 23.4 Å². The van der Waals surface area contributed by atoms with Gasteiger partial charge in [-0.05, 0) is 57.3 Å². The first kappa shape index (κ1) is 18.8. The minimum atomic E-state index is 0.538. The van der Waals surface area contributed by atoms with Crippen molar-refractivity contribution in [3.05, 3.63) is 57.3 Å². The van der Waals surface area contributed by atoms with Crippen molar-refractivity contribution in [3.63, 3.8) is 0 Å². The summed E-state index contributed by atoms with van der Waals surface area (Å²) in [5, 5.41) is 1.08. The largest absolute Gasteiger partial charge is 0.491 e. The van der Waals surface area contributed by atoms with Gasteiger partial charge in [0.05, 0.1) is 16.7 Å². The molecule has 1 heterocycles. The zero-order valence-electron chi connectivity index (χ0n) is 14.2. The molecule has 2 aromatic rings. The Bertz CT molecular complexity index is 715. The van der Waals surface area contributed by atoms with E-state index >= 15 is 0 Å². The number of hydrogen-bond donors (Lipinski definition) is 0. The topological polar surface area (TPSA) is 25.4 Å². The van der Waals surface area contributed by atoms with Crippen molar-refractivity contribution in [2.24, 2.45) is 0 Å². The molecule has 1 aromatic heterocycles. The number of aryl methyl sites for hydroxylation is 1. The van der Waals surface area contributed by atoms with E-state index in [2.05, 4.69) is 24.0 Å². The number of nitrogens with zero attached hydrogens (tertiary/aromatic N) is 2. The van der Waals surface area contributed by atoms with Crippen LogP contribution >= 0.6 is 23.2 Å². The van der Waals surface area contributed by atoms with Crippen molar-refractivity contribution < 1.29 is 4.74 Å².